The van der Waals surface area contributed by atoms with E-state index in [4.69, 9.17) is 25.1 Å². The van der Waals surface area contributed by atoms with Gasteiger partial charge in [0.2, 0.25) is 0 Å². The molecule has 7 nitrogen and oxygen atoms in total. The normalized spacial score (nSPS) is 14.9. The average molecular weight is 215 g/mol. The van der Waals surface area contributed by atoms with Gasteiger partial charge in [0.05, 0.1) is 19.3 Å². The summed E-state index contributed by atoms with van der Waals surface area (Å²) in [6.07, 6.45) is -1.22. The zero-order valence-corrected chi connectivity index (χ0v) is 7.84. The third-order valence-electron chi connectivity index (χ3n) is 1.36. The highest BCUT2D eigenvalue weighted by Gasteiger charge is 2.26. The summed E-state index contributed by atoms with van der Waals surface area (Å²) in [5, 5.41) is 25.8. The minimum atomic E-state index is -4.46. The van der Waals surface area contributed by atoms with Crippen molar-refractivity contribution in [1.29, 1.82) is 0 Å². The van der Waals surface area contributed by atoms with Crippen LogP contribution < -0.4 is 0 Å². The van der Waals surface area contributed by atoms with E-state index in [1.54, 1.807) is 0 Å². The van der Waals surface area contributed by atoms with Crippen LogP contribution in [0, 0.1) is 0 Å². The predicted octanol–water partition coefficient (Wildman–Crippen LogP) is -2.27. The van der Waals surface area contributed by atoms with Gasteiger partial charge < -0.3 is 25.1 Å². The van der Waals surface area contributed by atoms with Crippen LogP contribution in [0.4, 0.5) is 0 Å². The molecule has 0 aromatic carbocycles. The Hall–Kier alpha value is -0.0100. The molecule has 0 spiro atoms. The van der Waals surface area contributed by atoms with Crippen LogP contribution in [0.15, 0.2) is 0 Å². The van der Waals surface area contributed by atoms with Gasteiger partial charge in [-0.05, 0) is 0 Å². The van der Waals surface area contributed by atoms with Crippen molar-refractivity contribution in [3.8, 4) is 0 Å². The molecule has 0 aliphatic heterocycles. The van der Waals surface area contributed by atoms with Gasteiger partial charge >= 0.3 is 7.75 Å². The van der Waals surface area contributed by atoms with Gasteiger partial charge in [0, 0.05) is 13.1 Å². The number of hydrogen-bond acceptors (Lipinski definition) is 4. The predicted molar refractivity (Wildman–Crippen MR) is 43.8 cm³/mol. The monoisotopic (exact) mass is 215 g/mol. The molecule has 8 heteroatoms. The van der Waals surface area contributed by atoms with Crippen LogP contribution in [0.5, 0.6) is 0 Å². The molecule has 0 fully saturated rings. The lowest BCUT2D eigenvalue weighted by molar-refractivity contribution is 0.0684. The maximum absolute atomic E-state index is 10.7. The Kier molecular flexibility index (Phi) is 5.66. The van der Waals surface area contributed by atoms with Crippen molar-refractivity contribution < 1.29 is 29.7 Å². The summed E-state index contributed by atoms with van der Waals surface area (Å²) in [5.41, 5.74) is 0. The molecule has 0 amide bonds. The molecule has 0 bridgehead atoms. The smallest absolute Gasteiger partial charge is 0.395 e. The maximum Gasteiger partial charge on any atom is 0.403 e. The number of aliphatic hydroxyl groups is 3. The lowest BCUT2D eigenvalue weighted by Gasteiger charge is -2.23. The summed E-state index contributed by atoms with van der Waals surface area (Å²) >= 11 is 0. The summed E-state index contributed by atoms with van der Waals surface area (Å²) in [4.78, 5) is 17.4. The van der Waals surface area contributed by atoms with E-state index < -0.39 is 27.1 Å². The second kappa shape index (κ2) is 5.66. The van der Waals surface area contributed by atoms with E-state index in [0.717, 1.165) is 0 Å². The first kappa shape index (κ1) is 13.0. The van der Waals surface area contributed by atoms with Gasteiger partial charge in [-0.25, -0.2) is 9.24 Å². The molecular weight excluding hydrogens is 201 g/mol. The molecule has 0 aromatic rings. The summed E-state index contributed by atoms with van der Waals surface area (Å²) in [6.45, 7) is -1.63. The number of aliphatic hydroxyl groups excluding tert-OH is 3. The second-order valence-corrected chi connectivity index (χ2v) is 4.08. The highest BCUT2D eigenvalue weighted by Crippen LogP contribution is 2.39. The van der Waals surface area contributed by atoms with E-state index >= 15 is 0 Å². The molecular formula is C5H14NO6P. The first-order chi connectivity index (χ1) is 5.91. The number of nitrogens with zero attached hydrogens (tertiary/aromatic N) is 1. The van der Waals surface area contributed by atoms with Gasteiger partial charge in [0.15, 0.2) is 0 Å². The zero-order chi connectivity index (χ0) is 10.5. The minimum Gasteiger partial charge on any atom is -0.395 e. The minimum absolute atomic E-state index is 0.249. The van der Waals surface area contributed by atoms with E-state index in [0.29, 0.717) is 4.67 Å². The SMILES string of the molecule is O=P(O)(O)N(CCO)C[C@H](O)CO. The number of hydrogen-bond donors (Lipinski definition) is 5. The fraction of sp³-hybridized carbons (Fsp3) is 1.00. The quantitative estimate of drug-likeness (QED) is 0.316. The molecule has 0 radical (unpaired) electrons. The Morgan fingerprint density at radius 3 is 2.15 bits per heavy atom. The molecule has 0 saturated carbocycles. The molecule has 0 aromatic heterocycles. The van der Waals surface area contributed by atoms with Crippen LogP contribution in [-0.2, 0) is 4.57 Å². The van der Waals surface area contributed by atoms with E-state index in [2.05, 4.69) is 0 Å². The van der Waals surface area contributed by atoms with Gasteiger partial charge in [-0.2, -0.15) is 0 Å². The van der Waals surface area contributed by atoms with Crippen LogP contribution in [0.2, 0.25) is 0 Å². The second-order valence-electron chi connectivity index (χ2n) is 2.49. The first-order valence-corrected chi connectivity index (χ1v) is 5.19. The van der Waals surface area contributed by atoms with E-state index in [1.807, 2.05) is 0 Å². The standard InChI is InChI=1S/C5H14NO6P/c7-2-1-6(13(10,11)12)3-5(9)4-8/h5,7-9H,1-4H2,(H2,10,11,12)/t5-/m0/s1. The zero-order valence-electron chi connectivity index (χ0n) is 6.94. The maximum atomic E-state index is 10.7. The van der Waals surface area contributed by atoms with Crippen molar-refractivity contribution in [3.05, 3.63) is 0 Å². The average Bonchev–Trinajstić information content (AvgIpc) is 2.01. The molecule has 0 rings (SSSR count). The summed E-state index contributed by atoms with van der Waals surface area (Å²) in [7, 11) is -4.46. The van der Waals surface area contributed by atoms with Crippen molar-refractivity contribution in [2.24, 2.45) is 0 Å². The van der Waals surface area contributed by atoms with Gasteiger partial charge in [0.25, 0.3) is 0 Å². The largest absolute Gasteiger partial charge is 0.403 e. The molecule has 0 heterocycles. The summed E-state index contributed by atoms with van der Waals surface area (Å²) < 4.78 is 11.3. The van der Waals surface area contributed by atoms with Crippen molar-refractivity contribution in [3.63, 3.8) is 0 Å². The molecule has 1 atom stereocenters. The van der Waals surface area contributed by atoms with Crippen molar-refractivity contribution in [1.82, 2.24) is 4.67 Å². The topological polar surface area (TPSA) is 121 Å². The first-order valence-electron chi connectivity index (χ1n) is 3.62. The lowest BCUT2D eigenvalue weighted by Crippen LogP contribution is -2.33. The summed E-state index contributed by atoms with van der Waals surface area (Å²) in [5.74, 6) is 0. The Morgan fingerprint density at radius 2 is 1.85 bits per heavy atom. The van der Waals surface area contributed by atoms with Gasteiger partial charge in [-0.1, -0.05) is 0 Å². The van der Waals surface area contributed by atoms with Gasteiger partial charge in [-0.3, -0.25) is 0 Å². The van der Waals surface area contributed by atoms with E-state index in [-0.39, 0.29) is 13.1 Å². The van der Waals surface area contributed by atoms with Crippen LogP contribution in [0.1, 0.15) is 0 Å². The molecule has 0 unspecified atom stereocenters. The van der Waals surface area contributed by atoms with E-state index in [1.165, 1.54) is 0 Å². The Labute approximate surface area is 75.4 Å². The molecule has 0 saturated heterocycles. The highest BCUT2D eigenvalue weighted by atomic mass is 31.2. The Morgan fingerprint density at radius 1 is 1.31 bits per heavy atom. The van der Waals surface area contributed by atoms with Crippen molar-refractivity contribution in [2.45, 2.75) is 6.10 Å². The molecule has 0 aliphatic carbocycles. The Bertz CT molecular complexity index is 182. The van der Waals surface area contributed by atoms with Crippen molar-refractivity contribution in [2.75, 3.05) is 26.3 Å². The fourth-order valence-electron chi connectivity index (χ4n) is 0.744. The van der Waals surface area contributed by atoms with E-state index in [9.17, 15) is 4.57 Å². The highest BCUT2D eigenvalue weighted by molar-refractivity contribution is 7.49. The molecule has 5 N–H and O–H groups in total. The lowest BCUT2D eigenvalue weighted by atomic mass is 10.4. The Balaban J connectivity index is 4.18. The van der Waals surface area contributed by atoms with Crippen LogP contribution in [0.3, 0.4) is 0 Å². The summed E-state index contributed by atoms with van der Waals surface area (Å²) in [6, 6.07) is 0. The molecule has 80 valence electrons. The third kappa shape index (κ3) is 5.33. The van der Waals surface area contributed by atoms with Gasteiger partial charge in [0.1, 0.15) is 0 Å². The number of rotatable bonds is 6. The van der Waals surface area contributed by atoms with Crippen LogP contribution >= 0.6 is 7.75 Å². The van der Waals surface area contributed by atoms with Crippen molar-refractivity contribution >= 4 is 7.75 Å². The van der Waals surface area contributed by atoms with Crippen LogP contribution in [-0.4, -0.2) is 62.2 Å². The fourth-order valence-corrected chi connectivity index (χ4v) is 1.50. The molecule has 0 aliphatic rings. The third-order valence-corrected chi connectivity index (χ3v) is 2.46. The molecule has 13 heavy (non-hydrogen) atoms. The van der Waals surface area contributed by atoms with Gasteiger partial charge in [-0.15, -0.1) is 0 Å². The van der Waals surface area contributed by atoms with Crippen LogP contribution in [0.25, 0.3) is 0 Å².